The molecular weight excluding hydrogens is 719 g/mol. The second kappa shape index (κ2) is 25.1. The van der Waals surface area contributed by atoms with Crippen molar-refractivity contribution in [2.75, 3.05) is 61.9 Å². The second-order valence-electron chi connectivity index (χ2n) is 20.3. The highest BCUT2D eigenvalue weighted by atomic mass is 16.6. The van der Waals surface area contributed by atoms with Crippen LogP contribution in [-0.4, -0.2) is 99.5 Å². The molecule has 2 atom stereocenters. The highest BCUT2D eigenvalue weighted by molar-refractivity contribution is 5.74. The minimum absolute atomic E-state index is 0.140. The van der Waals surface area contributed by atoms with Gasteiger partial charge in [-0.05, 0) is 125 Å². The molecule has 0 spiro atoms. The number of benzene rings is 2. The van der Waals surface area contributed by atoms with Gasteiger partial charge < -0.3 is 18.4 Å². The lowest BCUT2D eigenvalue weighted by Gasteiger charge is -2.36. The van der Waals surface area contributed by atoms with Crippen molar-refractivity contribution in [1.29, 1.82) is 0 Å². The number of rotatable bonds is 28. The predicted molar refractivity (Wildman–Crippen MR) is 246 cm³/mol. The summed E-state index contributed by atoms with van der Waals surface area (Å²) in [6.07, 6.45) is 20.1. The monoisotopic (exact) mass is 809 g/mol. The maximum atomic E-state index is 13.3. The summed E-state index contributed by atoms with van der Waals surface area (Å²) in [5, 5.41) is 0. The van der Waals surface area contributed by atoms with Crippen molar-refractivity contribution < 1.29 is 32.5 Å². The van der Waals surface area contributed by atoms with E-state index in [2.05, 4.69) is 94.0 Å². The Kier molecular flexibility index (Phi) is 22.3. The van der Waals surface area contributed by atoms with Crippen molar-refractivity contribution in [2.45, 2.75) is 182 Å². The van der Waals surface area contributed by atoms with Gasteiger partial charge in [0, 0.05) is 0 Å². The molecule has 0 aliphatic rings. The van der Waals surface area contributed by atoms with Crippen LogP contribution < -0.4 is 9.47 Å². The molecule has 0 fully saturated rings. The van der Waals surface area contributed by atoms with E-state index in [9.17, 15) is 9.59 Å². The zero-order valence-electron chi connectivity index (χ0n) is 40.2. The molecule has 7 nitrogen and oxygen atoms in total. The number of quaternary nitrogens is 3. The van der Waals surface area contributed by atoms with Crippen molar-refractivity contribution in [1.82, 2.24) is 0 Å². The molecule has 0 heterocycles. The van der Waals surface area contributed by atoms with Crippen LogP contribution in [0.5, 0.6) is 11.5 Å². The summed E-state index contributed by atoms with van der Waals surface area (Å²) in [4.78, 5) is 26.1. The predicted octanol–water partition coefficient (Wildman–Crippen LogP) is 12.9. The summed E-state index contributed by atoms with van der Waals surface area (Å²) < 4.78 is 13.9. The summed E-state index contributed by atoms with van der Waals surface area (Å²) in [6.45, 7) is 19.9. The number of hydrogen-bond acceptors (Lipinski definition) is 4. The number of amides is 1. The smallest absolute Gasteiger partial charge is 0.422 e. The van der Waals surface area contributed by atoms with Gasteiger partial charge in [-0.25, -0.2) is 9.28 Å². The molecule has 7 heteroatoms. The van der Waals surface area contributed by atoms with E-state index in [0.29, 0.717) is 34.7 Å². The third-order valence-corrected chi connectivity index (χ3v) is 13.1. The van der Waals surface area contributed by atoms with E-state index in [0.717, 1.165) is 58.3 Å². The number of carbonyl (C=O) groups excluding carboxylic acids is 2. The zero-order valence-corrected chi connectivity index (χ0v) is 40.2. The average molecular weight is 809 g/mol. The van der Waals surface area contributed by atoms with Crippen LogP contribution in [0.25, 0.3) is 0 Å². The Balaban J connectivity index is 1.51. The van der Waals surface area contributed by atoms with E-state index < -0.39 is 0 Å². The van der Waals surface area contributed by atoms with Crippen LogP contribution in [-0.2, 0) is 4.79 Å². The third kappa shape index (κ3) is 18.7. The molecule has 330 valence electrons. The van der Waals surface area contributed by atoms with Crippen molar-refractivity contribution in [3.05, 3.63) is 58.7 Å². The maximum absolute atomic E-state index is 13.3. The fourth-order valence-electron chi connectivity index (χ4n) is 7.99. The van der Waals surface area contributed by atoms with Crippen LogP contribution in [0, 0.1) is 13.8 Å². The first kappa shape index (κ1) is 51.4. The number of hydrogen-bond donors (Lipinski definition) is 0. The minimum atomic E-state index is -0.175. The molecule has 1 unspecified atom stereocenters. The Bertz CT molecular complexity index is 1510. The molecule has 0 radical (unpaired) electrons. The molecule has 0 aliphatic carbocycles. The van der Waals surface area contributed by atoms with Crippen molar-refractivity contribution in [3.63, 3.8) is 0 Å². The fraction of sp³-hybridized carbons (Fsp3) is 0.725. The van der Waals surface area contributed by atoms with Gasteiger partial charge in [0.1, 0.15) is 11.5 Å². The highest BCUT2D eigenvalue weighted by Crippen LogP contribution is 2.30. The molecule has 2 aromatic carbocycles. The van der Waals surface area contributed by atoms with Gasteiger partial charge in [0.05, 0.1) is 67.5 Å². The Morgan fingerprint density at radius 1 is 0.517 bits per heavy atom. The van der Waals surface area contributed by atoms with E-state index in [-0.39, 0.29) is 22.6 Å². The number of unbranched alkanes of at least 4 members (excludes halogenated alkanes) is 12. The highest BCUT2D eigenvalue weighted by Gasteiger charge is 2.35. The SMILES string of the molecule is Cc1ccc(C(C)C)c(OC(=O)C[N+](C)(C)CCCCCCCCCC(C)[N+](C)(C)CCCCCCCCC[C@@H](C)[N+](C)(C)C(=O)Oc2cc(C)ccc2C(C)C)c1. The second-order valence-corrected chi connectivity index (χ2v) is 20.3. The molecule has 0 saturated carbocycles. The lowest BCUT2D eigenvalue weighted by Crippen LogP contribution is -2.53. The first-order valence-corrected chi connectivity index (χ1v) is 23.3. The van der Waals surface area contributed by atoms with Crippen molar-refractivity contribution >= 4 is 12.1 Å². The number of carbonyl (C=O) groups is 2. The van der Waals surface area contributed by atoms with E-state index in [4.69, 9.17) is 9.47 Å². The molecule has 1 amide bonds. The Labute approximate surface area is 357 Å². The summed E-state index contributed by atoms with van der Waals surface area (Å²) in [5.41, 5.74) is 4.40. The molecule has 0 saturated heterocycles. The summed E-state index contributed by atoms with van der Waals surface area (Å²) in [6, 6.07) is 13.2. The Hall–Kier alpha value is -2.74. The van der Waals surface area contributed by atoms with Crippen LogP contribution in [0.2, 0.25) is 0 Å². The van der Waals surface area contributed by atoms with Crippen LogP contribution in [0.1, 0.15) is 178 Å². The molecular formula is C51H90N3O4+3. The number of likely N-dealkylation sites (N-methyl/N-ethyl adjacent to an activating group) is 1. The van der Waals surface area contributed by atoms with E-state index >= 15 is 0 Å². The van der Waals surface area contributed by atoms with Crippen LogP contribution in [0.3, 0.4) is 0 Å². The standard InChI is InChI=1S/C51H90N3O4/c1-40(2)46-33-31-42(5)37-48(46)57-50(55)39-52(9,10)35-27-23-19-15-17-21-25-29-44(7)53(11,12)36-28-24-20-16-18-22-26-30-45(8)54(13,14)51(56)58-49-38-43(6)32-34-47(49)41(3)4/h31-34,37-38,40-41,44-45H,15-30,35-36,39H2,1-14H3/q+3/t44?,45-/m1/s1. The van der Waals surface area contributed by atoms with Gasteiger partial charge in [-0.15, -0.1) is 0 Å². The lowest BCUT2D eigenvalue weighted by atomic mass is 10.0. The maximum Gasteiger partial charge on any atom is 0.521 e. The summed E-state index contributed by atoms with van der Waals surface area (Å²) in [7, 11) is 13.1. The van der Waals surface area contributed by atoms with Crippen LogP contribution in [0.4, 0.5) is 4.79 Å². The van der Waals surface area contributed by atoms with Gasteiger partial charge in [0.15, 0.2) is 6.54 Å². The first-order valence-electron chi connectivity index (χ1n) is 23.3. The van der Waals surface area contributed by atoms with E-state index in [1.807, 2.05) is 40.1 Å². The molecule has 0 aliphatic heterocycles. The average Bonchev–Trinajstić information content (AvgIpc) is 3.12. The molecule has 58 heavy (non-hydrogen) atoms. The molecule has 0 bridgehead atoms. The van der Waals surface area contributed by atoms with Gasteiger partial charge in [-0.2, -0.15) is 4.79 Å². The van der Waals surface area contributed by atoms with Gasteiger partial charge in [0.25, 0.3) is 0 Å². The first-order chi connectivity index (χ1) is 27.2. The number of esters is 1. The van der Waals surface area contributed by atoms with Gasteiger partial charge in [0.2, 0.25) is 0 Å². The number of aryl methyl sites for hydroxylation is 2. The fourth-order valence-corrected chi connectivity index (χ4v) is 7.99. The van der Waals surface area contributed by atoms with Gasteiger partial charge >= 0.3 is 12.1 Å². The van der Waals surface area contributed by atoms with E-state index in [1.165, 1.54) is 90.0 Å². The molecule has 0 N–H and O–H groups in total. The number of ether oxygens (including phenoxy) is 2. The van der Waals surface area contributed by atoms with Crippen LogP contribution in [0.15, 0.2) is 36.4 Å². The van der Waals surface area contributed by atoms with Crippen molar-refractivity contribution in [3.8, 4) is 11.5 Å². The molecule has 2 aromatic rings. The van der Waals surface area contributed by atoms with Gasteiger partial charge in [-0.3, -0.25) is 0 Å². The Morgan fingerprint density at radius 3 is 1.38 bits per heavy atom. The normalized spacial score (nSPS) is 13.6. The van der Waals surface area contributed by atoms with E-state index in [1.54, 1.807) is 0 Å². The summed E-state index contributed by atoms with van der Waals surface area (Å²) >= 11 is 0. The third-order valence-electron chi connectivity index (χ3n) is 13.1. The minimum Gasteiger partial charge on any atom is -0.422 e. The molecule has 2 rings (SSSR count). The summed E-state index contributed by atoms with van der Waals surface area (Å²) in [5.74, 6) is 1.91. The van der Waals surface area contributed by atoms with Crippen molar-refractivity contribution in [2.24, 2.45) is 0 Å². The van der Waals surface area contributed by atoms with Crippen LogP contribution >= 0.6 is 0 Å². The Morgan fingerprint density at radius 2 is 0.914 bits per heavy atom. The molecule has 0 aromatic heterocycles. The van der Waals surface area contributed by atoms with Gasteiger partial charge in [-0.1, -0.05) is 103 Å². The topological polar surface area (TPSA) is 52.6 Å². The number of nitrogens with zero attached hydrogens (tertiary/aromatic N) is 3. The lowest BCUT2D eigenvalue weighted by molar-refractivity contribution is -0.913. The zero-order chi connectivity index (χ0) is 43.5. The quantitative estimate of drug-likeness (QED) is 0.0372. The largest absolute Gasteiger partial charge is 0.521 e.